The van der Waals surface area contributed by atoms with Gasteiger partial charge in [-0.05, 0) is 42.8 Å². The number of aryl methyl sites for hydroxylation is 1. The summed E-state index contributed by atoms with van der Waals surface area (Å²) in [5, 5.41) is 4.77. The Morgan fingerprint density at radius 3 is 2.70 bits per heavy atom. The van der Waals surface area contributed by atoms with Gasteiger partial charge in [0.05, 0.1) is 12.1 Å². The number of nitrogens with one attached hydrogen (secondary N) is 1. The van der Waals surface area contributed by atoms with E-state index < -0.39 is 6.09 Å². The second-order valence-electron chi connectivity index (χ2n) is 5.93. The Hall–Kier alpha value is -3.12. The van der Waals surface area contributed by atoms with E-state index in [-0.39, 0.29) is 6.61 Å². The van der Waals surface area contributed by atoms with E-state index in [1.165, 1.54) is 0 Å². The van der Waals surface area contributed by atoms with Crippen LogP contribution in [0.2, 0.25) is 5.02 Å². The number of carbonyl (C=O) groups excluding carboxylic acids is 1. The van der Waals surface area contributed by atoms with Crippen molar-refractivity contribution in [2.24, 2.45) is 5.73 Å². The summed E-state index contributed by atoms with van der Waals surface area (Å²) in [7, 11) is 0. The van der Waals surface area contributed by atoms with Crippen LogP contribution in [-0.2, 0) is 4.74 Å². The maximum atomic E-state index is 10.7. The molecular formula is C20H19ClN4O2. The molecule has 0 bridgehead atoms. The molecular weight excluding hydrogens is 364 g/mol. The number of anilines is 1. The van der Waals surface area contributed by atoms with E-state index in [1.807, 2.05) is 61.5 Å². The fraction of sp³-hybridized carbons (Fsp3) is 0.150. The highest BCUT2D eigenvalue weighted by molar-refractivity contribution is 6.30. The molecule has 0 unspecified atom stereocenters. The van der Waals surface area contributed by atoms with Crippen molar-refractivity contribution in [2.45, 2.75) is 6.92 Å². The van der Waals surface area contributed by atoms with E-state index in [1.54, 1.807) is 0 Å². The van der Waals surface area contributed by atoms with E-state index in [0.717, 1.165) is 22.0 Å². The lowest BCUT2D eigenvalue weighted by Gasteiger charge is -2.10. The number of carbonyl (C=O) groups is 1. The number of nitrogens with two attached hydrogens (primary N) is 1. The van der Waals surface area contributed by atoms with Crippen molar-refractivity contribution in [1.82, 2.24) is 9.97 Å². The number of amides is 1. The number of primary amides is 1. The number of hydrogen-bond acceptors (Lipinski definition) is 5. The molecule has 0 spiro atoms. The van der Waals surface area contributed by atoms with Gasteiger partial charge in [-0.2, -0.15) is 0 Å². The fourth-order valence-electron chi connectivity index (χ4n) is 2.54. The molecule has 1 aromatic heterocycles. The number of aromatic nitrogens is 2. The molecule has 0 aliphatic heterocycles. The lowest BCUT2D eigenvalue weighted by molar-refractivity contribution is 0.161. The van der Waals surface area contributed by atoms with Crippen molar-refractivity contribution in [3.05, 3.63) is 64.4 Å². The zero-order valence-electron chi connectivity index (χ0n) is 14.8. The Morgan fingerprint density at radius 2 is 1.96 bits per heavy atom. The van der Waals surface area contributed by atoms with Crippen LogP contribution in [0.1, 0.15) is 17.0 Å². The molecule has 0 atom stereocenters. The Morgan fingerprint density at radius 1 is 1.19 bits per heavy atom. The molecule has 6 nitrogen and oxygen atoms in total. The predicted octanol–water partition coefficient (Wildman–Crippen LogP) is 4.27. The number of rotatable bonds is 6. The minimum absolute atomic E-state index is 0.155. The largest absolute Gasteiger partial charge is 0.448 e. The van der Waals surface area contributed by atoms with Gasteiger partial charge in [0.15, 0.2) is 5.82 Å². The third-order valence-corrected chi connectivity index (χ3v) is 4.05. The standard InChI is InChI=1S/C20H19ClN4O2/c1-13-2-8-17-16(12-13)19(23-10-11-27-20(22)26)25-18(24-17)9-5-14-3-6-15(21)7-4-14/h2-9,12H,10-11H2,1H3,(H2,22,26)(H,23,24,25)/b9-5+. The Bertz CT molecular complexity index is 987. The second kappa shape index (κ2) is 8.51. The van der Waals surface area contributed by atoms with Crippen LogP contribution in [0.4, 0.5) is 10.6 Å². The normalized spacial score (nSPS) is 11.0. The van der Waals surface area contributed by atoms with Gasteiger partial charge in [-0.25, -0.2) is 14.8 Å². The number of benzene rings is 2. The van der Waals surface area contributed by atoms with Gasteiger partial charge in [0.1, 0.15) is 12.4 Å². The minimum atomic E-state index is -0.799. The molecule has 2 aromatic carbocycles. The summed E-state index contributed by atoms with van der Waals surface area (Å²) in [6.07, 6.45) is 2.96. The minimum Gasteiger partial charge on any atom is -0.448 e. The summed E-state index contributed by atoms with van der Waals surface area (Å²) in [5.74, 6) is 1.24. The predicted molar refractivity (Wildman–Crippen MR) is 109 cm³/mol. The molecule has 1 heterocycles. The first-order chi connectivity index (χ1) is 13.0. The van der Waals surface area contributed by atoms with E-state index in [0.29, 0.717) is 23.2 Å². The maximum Gasteiger partial charge on any atom is 0.404 e. The zero-order valence-corrected chi connectivity index (χ0v) is 15.5. The molecule has 0 saturated heterocycles. The third kappa shape index (κ3) is 5.18. The molecule has 0 saturated carbocycles. The summed E-state index contributed by atoms with van der Waals surface area (Å²) in [4.78, 5) is 19.9. The summed E-state index contributed by atoms with van der Waals surface area (Å²) in [5.41, 5.74) is 7.90. The molecule has 0 fully saturated rings. The van der Waals surface area contributed by atoms with Gasteiger partial charge in [0, 0.05) is 10.4 Å². The zero-order chi connectivity index (χ0) is 19.2. The van der Waals surface area contributed by atoms with Crippen LogP contribution in [0.25, 0.3) is 23.1 Å². The summed E-state index contributed by atoms with van der Waals surface area (Å²) in [6, 6.07) is 13.5. The summed E-state index contributed by atoms with van der Waals surface area (Å²) >= 11 is 5.91. The van der Waals surface area contributed by atoms with Crippen molar-refractivity contribution in [3.63, 3.8) is 0 Å². The van der Waals surface area contributed by atoms with E-state index in [2.05, 4.69) is 15.3 Å². The van der Waals surface area contributed by atoms with Gasteiger partial charge < -0.3 is 15.8 Å². The Balaban J connectivity index is 1.87. The van der Waals surface area contributed by atoms with Gasteiger partial charge in [-0.3, -0.25) is 0 Å². The van der Waals surface area contributed by atoms with E-state index in [9.17, 15) is 4.79 Å². The Labute approximate surface area is 162 Å². The van der Waals surface area contributed by atoms with Crippen molar-refractivity contribution >= 4 is 46.6 Å². The number of hydrogen-bond donors (Lipinski definition) is 2. The first-order valence-electron chi connectivity index (χ1n) is 8.39. The van der Waals surface area contributed by atoms with Gasteiger partial charge in [-0.1, -0.05) is 41.4 Å². The van der Waals surface area contributed by atoms with Crippen LogP contribution in [0.3, 0.4) is 0 Å². The third-order valence-electron chi connectivity index (χ3n) is 3.80. The summed E-state index contributed by atoms with van der Waals surface area (Å²) in [6.45, 7) is 2.56. The monoisotopic (exact) mass is 382 g/mol. The molecule has 0 aliphatic carbocycles. The molecule has 3 N–H and O–H groups in total. The van der Waals surface area contributed by atoms with Crippen LogP contribution in [0, 0.1) is 6.92 Å². The van der Waals surface area contributed by atoms with Crippen LogP contribution in [0.5, 0.6) is 0 Å². The molecule has 7 heteroatoms. The van der Waals surface area contributed by atoms with Gasteiger partial charge in [-0.15, -0.1) is 0 Å². The lowest BCUT2D eigenvalue weighted by Crippen LogP contribution is -2.19. The highest BCUT2D eigenvalue weighted by atomic mass is 35.5. The van der Waals surface area contributed by atoms with Gasteiger partial charge in [0.2, 0.25) is 0 Å². The highest BCUT2D eigenvalue weighted by Crippen LogP contribution is 2.22. The molecule has 138 valence electrons. The van der Waals surface area contributed by atoms with Crippen molar-refractivity contribution in [3.8, 4) is 0 Å². The quantitative estimate of drug-likeness (QED) is 0.621. The Kier molecular flexibility index (Phi) is 5.88. The molecule has 0 aliphatic rings. The van der Waals surface area contributed by atoms with Crippen molar-refractivity contribution in [1.29, 1.82) is 0 Å². The molecule has 3 rings (SSSR count). The SMILES string of the molecule is Cc1ccc2nc(/C=C/c3ccc(Cl)cc3)nc(NCCOC(N)=O)c2c1. The average molecular weight is 383 g/mol. The smallest absolute Gasteiger partial charge is 0.404 e. The number of nitrogens with zero attached hydrogens (tertiary/aromatic N) is 2. The molecule has 0 radical (unpaired) electrons. The topological polar surface area (TPSA) is 90.1 Å². The summed E-state index contributed by atoms with van der Waals surface area (Å²) < 4.78 is 4.75. The number of ether oxygens (including phenoxy) is 1. The van der Waals surface area contributed by atoms with Crippen molar-refractivity contribution in [2.75, 3.05) is 18.5 Å². The number of fused-ring (bicyclic) bond motifs is 1. The maximum absolute atomic E-state index is 10.7. The van der Waals surface area contributed by atoms with Crippen LogP contribution in [-0.4, -0.2) is 29.2 Å². The first kappa shape index (κ1) is 18.7. The average Bonchev–Trinajstić information content (AvgIpc) is 2.65. The fourth-order valence-corrected chi connectivity index (χ4v) is 2.66. The lowest BCUT2D eigenvalue weighted by atomic mass is 10.1. The molecule has 1 amide bonds. The second-order valence-corrected chi connectivity index (χ2v) is 6.37. The van der Waals surface area contributed by atoms with Gasteiger partial charge in [0.25, 0.3) is 0 Å². The van der Waals surface area contributed by atoms with Crippen LogP contribution < -0.4 is 11.1 Å². The van der Waals surface area contributed by atoms with E-state index >= 15 is 0 Å². The number of halogens is 1. The highest BCUT2D eigenvalue weighted by Gasteiger charge is 2.07. The first-order valence-corrected chi connectivity index (χ1v) is 8.77. The van der Waals surface area contributed by atoms with Crippen molar-refractivity contribution < 1.29 is 9.53 Å². The van der Waals surface area contributed by atoms with Crippen LogP contribution in [0.15, 0.2) is 42.5 Å². The molecule has 27 heavy (non-hydrogen) atoms. The van der Waals surface area contributed by atoms with Gasteiger partial charge >= 0.3 is 6.09 Å². The molecule has 3 aromatic rings. The van der Waals surface area contributed by atoms with Crippen LogP contribution >= 0.6 is 11.6 Å². The van der Waals surface area contributed by atoms with E-state index in [4.69, 9.17) is 22.1 Å².